The van der Waals surface area contributed by atoms with E-state index in [1.807, 2.05) is 23.9 Å². The second-order valence-corrected chi connectivity index (χ2v) is 7.99. The predicted octanol–water partition coefficient (Wildman–Crippen LogP) is 3.41. The summed E-state index contributed by atoms with van der Waals surface area (Å²) in [5.41, 5.74) is 1.21. The zero-order chi connectivity index (χ0) is 19.3. The third-order valence-corrected chi connectivity index (χ3v) is 5.49. The molecule has 1 heterocycles. The second-order valence-electron chi connectivity index (χ2n) is 6.57. The third kappa shape index (κ3) is 8.30. The number of morpholine rings is 1. The quantitative estimate of drug-likeness (QED) is 0.350. The van der Waals surface area contributed by atoms with E-state index >= 15 is 0 Å². The number of halogens is 1. The first-order valence-corrected chi connectivity index (χ1v) is 11.6. The summed E-state index contributed by atoms with van der Waals surface area (Å²) in [4.78, 5) is 7.32. The van der Waals surface area contributed by atoms with Gasteiger partial charge in [-0.15, -0.1) is 0 Å². The van der Waals surface area contributed by atoms with Crippen LogP contribution < -0.4 is 10.6 Å². The lowest BCUT2D eigenvalue weighted by Crippen LogP contribution is -2.42. The summed E-state index contributed by atoms with van der Waals surface area (Å²) in [5, 5.41) is 7.59. The topological polar surface area (TPSA) is 48.9 Å². The Labute approximate surface area is 173 Å². The Morgan fingerprint density at radius 2 is 2.11 bits per heavy atom. The van der Waals surface area contributed by atoms with Gasteiger partial charge in [0.1, 0.15) is 0 Å². The van der Waals surface area contributed by atoms with E-state index in [1.165, 1.54) is 17.7 Å². The highest BCUT2D eigenvalue weighted by Gasteiger charge is 2.22. The number of ether oxygens (including phenoxy) is 1. The molecule has 1 saturated heterocycles. The fourth-order valence-corrected chi connectivity index (χ4v) is 3.82. The summed E-state index contributed by atoms with van der Waals surface area (Å²) in [5.74, 6) is 2.10. The van der Waals surface area contributed by atoms with Crippen molar-refractivity contribution in [3.8, 4) is 0 Å². The van der Waals surface area contributed by atoms with Gasteiger partial charge in [0.15, 0.2) is 5.96 Å². The van der Waals surface area contributed by atoms with Crippen LogP contribution in [0, 0.1) is 0 Å². The number of guanidine groups is 1. The zero-order valence-electron chi connectivity index (χ0n) is 16.5. The molecule has 1 unspecified atom stereocenters. The van der Waals surface area contributed by atoms with Crippen molar-refractivity contribution in [3.05, 3.63) is 34.9 Å². The van der Waals surface area contributed by atoms with Crippen molar-refractivity contribution in [3.63, 3.8) is 0 Å². The lowest BCUT2D eigenvalue weighted by atomic mass is 10.0. The van der Waals surface area contributed by atoms with Crippen molar-refractivity contribution < 1.29 is 4.74 Å². The van der Waals surface area contributed by atoms with Crippen LogP contribution in [-0.2, 0) is 4.74 Å². The molecule has 0 amide bonds. The van der Waals surface area contributed by atoms with Crippen LogP contribution in [0.1, 0.15) is 31.4 Å². The van der Waals surface area contributed by atoms with Crippen molar-refractivity contribution in [2.45, 2.75) is 25.8 Å². The van der Waals surface area contributed by atoms with E-state index in [0.717, 1.165) is 56.8 Å². The van der Waals surface area contributed by atoms with Crippen LogP contribution in [0.15, 0.2) is 29.3 Å². The van der Waals surface area contributed by atoms with Crippen molar-refractivity contribution in [1.82, 2.24) is 15.5 Å². The number of benzene rings is 1. The van der Waals surface area contributed by atoms with Crippen molar-refractivity contribution >= 4 is 29.3 Å². The van der Waals surface area contributed by atoms with Gasteiger partial charge in [-0.1, -0.05) is 23.7 Å². The molecular formula is C20H33ClN4OS. The molecule has 2 N–H and O–H groups in total. The fourth-order valence-electron chi connectivity index (χ4n) is 3.13. The van der Waals surface area contributed by atoms with E-state index in [0.29, 0.717) is 6.54 Å². The minimum absolute atomic E-state index is 0.208. The summed E-state index contributed by atoms with van der Waals surface area (Å²) in [6.45, 7) is 7.99. The Hall–Kier alpha value is -0.950. The second kappa shape index (κ2) is 13.3. The van der Waals surface area contributed by atoms with Crippen LogP contribution in [-0.4, -0.2) is 68.8 Å². The number of hydrogen-bond acceptors (Lipinski definition) is 4. The van der Waals surface area contributed by atoms with Crippen LogP contribution in [0.2, 0.25) is 5.02 Å². The van der Waals surface area contributed by atoms with Gasteiger partial charge in [-0.3, -0.25) is 9.89 Å². The van der Waals surface area contributed by atoms with Crippen molar-refractivity contribution in [2.75, 3.05) is 57.9 Å². The number of rotatable bonds is 10. The molecule has 5 nitrogen and oxygen atoms in total. The third-order valence-electron chi connectivity index (χ3n) is 4.55. The average molecular weight is 413 g/mol. The maximum Gasteiger partial charge on any atom is 0.191 e. The molecule has 0 bridgehead atoms. The van der Waals surface area contributed by atoms with Gasteiger partial charge in [-0.05, 0) is 49.5 Å². The molecular weight excluding hydrogens is 380 g/mol. The molecule has 1 atom stereocenters. The van der Waals surface area contributed by atoms with Gasteiger partial charge in [0.25, 0.3) is 0 Å². The highest BCUT2D eigenvalue weighted by molar-refractivity contribution is 7.98. The molecule has 2 rings (SSSR count). The number of aliphatic imine (C=N–C) groups is 1. The van der Waals surface area contributed by atoms with Gasteiger partial charge >= 0.3 is 0 Å². The van der Waals surface area contributed by atoms with Crippen molar-refractivity contribution in [1.29, 1.82) is 0 Å². The Morgan fingerprint density at radius 1 is 1.30 bits per heavy atom. The van der Waals surface area contributed by atoms with E-state index in [4.69, 9.17) is 21.3 Å². The summed E-state index contributed by atoms with van der Waals surface area (Å²) in [6, 6.07) is 8.35. The molecule has 1 aromatic carbocycles. The Bertz CT molecular complexity index is 567. The van der Waals surface area contributed by atoms with Gasteiger partial charge in [0.05, 0.1) is 25.8 Å². The standard InChI is InChI=1S/C20H33ClN4OS/c1-3-22-20(23-9-4-5-14-27-2)24-16-19(25-10-12-26-13-11-25)17-7-6-8-18(21)15-17/h6-8,15,19H,3-5,9-14,16H2,1-2H3,(H2,22,23,24). The molecule has 0 spiro atoms. The Morgan fingerprint density at radius 3 is 2.81 bits per heavy atom. The summed E-state index contributed by atoms with van der Waals surface area (Å²) in [6.07, 6.45) is 4.54. The summed E-state index contributed by atoms with van der Waals surface area (Å²) < 4.78 is 5.53. The zero-order valence-corrected chi connectivity index (χ0v) is 18.1. The fraction of sp³-hybridized carbons (Fsp3) is 0.650. The van der Waals surface area contributed by atoms with Crippen LogP contribution in [0.3, 0.4) is 0 Å². The lowest BCUT2D eigenvalue weighted by molar-refractivity contribution is 0.0180. The van der Waals surface area contributed by atoms with Crippen LogP contribution in [0.4, 0.5) is 0 Å². The molecule has 152 valence electrons. The lowest BCUT2D eigenvalue weighted by Gasteiger charge is -2.34. The van der Waals surface area contributed by atoms with E-state index in [9.17, 15) is 0 Å². The maximum absolute atomic E-state index is 6.25. The molecule has 0 radical (unpaired) electrons. The SMILES string of the molecule is CCNC(=NCC(c1cccc(Cl)c1)N1CCOCC1)NCCCCSC. The normalized spacial score (nSPS) is 16.9. The first-order valence-electron chi connectivity index (χ1n) is 9.83. The molecule has 0 aromatic heterocycles. The Balaban J connectivity index is 2.03. The van der Waals surface area contributed by atoms with E-state index in [2.05, 4.69) is 40.8 Å². The van der Waals surface area contributed by atoms with E-state index in [-0.39, 0.29) is 6.04 Å². The maximum atomic E-state index is 6.25. The first kappa shape index (κ1) is 22.3. The van der Waals surface area contributed by atoms with E-state index in [1.54, 1.807) is 0 Å². The highest BCUT2D eigenvalue weighted by Crippen LogP contribution is 2.24. The number of thioether (sulfide) groups is 1. The number of unbranched alkanes of at least 4 members (excludes halogenated alkanes) is 1. The largest absolute Gasteiger partial charge is 0.379 e. The summed E-state index contributed by atoms with van der Waals surface area (Å²) in [7, 11) is 0. The van der Waals surface area contributed by atoms with Crippen LogP contribution in [0.25, 0.3) is 0 Å². The van der Waals surface area contributed by atoms with Gasteiger partial charge in [-0.2, -0.15) is 11.8 Å². The van der Waals surface area contributed by atoms with Gasteiger partial charge < -0.3 is 15.4 Å². The van der Waals surface area contributed by atoms with E-state index < -0.39 is 0 Å². The molecule has 1 aliphatic rings. The minimum Gasteiger partial charge on any atom is -0.379 e. The molecule has 0 aliphatic carbocycles. The van der Waals surface area contributed by atoms with Gasteiger partial charge in [-0.25, -0.2) is 0 Å². The van der Waals surface area contributed by atoms with Crippen molar-refractivity contribution in [2.24, 2.45) is 4.99 Å². The number of nitrogens with zero attached hydrogens (tertiary/aromatic N) is 2. The smallest absolute Gasteiger partial charge is 0.191 e. The molecule has 1 aliphatic heterocycles. The van der Waals surface area contributed by atoms with Crippen LogP contribution in [0.5, 0.6) is 0 Å². The molecule has 1 aromatic rings. The van der Waals surface area contributed by atoms with Crippen LogP contribution >= 0.6 is 23.4 Å². The molecule has 0 saturated carbocycles. The first-order chi connectivity index (χ1) is 13.2. The number of nitrogens with one attached hydrogen (secondary N) is 2. The van der Waals surface area contributed by atoms with Gasteiger partial charge in [0, 0.05) is 31.2 Å². The van der Waals surface area contributed by atoms with Gasteiger partial charge in [0.2, 0.25) is 0 Å². The monoisotopic (exact) mass is 412 g/mol. The predicted molar refractivity (Wildman–Crippen MR) is 118 cm³/mol. The average Bonchev–Trinajstić information content (AvgIpc) is 2.69. The summed E-state index contributed by atoms with van der Waals surface area (Å²) >= 11 is 8.14. The molecule has 7 heteroatoms. The minimum atomic E-state index is 0.208. The molecule has 1 fully saturated rings. The highest BCUT2D eigenvalue weighted by atomic mass is 35.5. The number of hydrogen-bond donors (Lipinski definition) is 2. The molecule has 27 heavy (non-hydrogen) atoms. The Kier molecular flexibility index (Phi) is 11.0.